The topological polar surface area (TPSA) is 58.6 Å². The number of ether oxygens (including phenoxy) is 1. The minimum absolute atomic E-state index is 0.0387. The fraction of sp³-hybridized carbons (Fsp3) is 0.333. The fourth-order valence-electron chi connectivity index (χ4n) is 4.19. The van der Waals surface area contributed by atoms with Gasteiger partial charge in [0.1, 0.15) is 11.8 Å². The van der Waals surface area contributed by atoms with E-state index in [0.29, 0.717) is 18.7 Å². The van der Waals surface area contributed by atoms with E-state index in [1.54, 1.807) is 4.90 Å². The van der Waals surface area contributed by atoms with Crippen LogP contribution in [-0.2, 0) is 22.6 Å². The monoisotopic (exact) mass is 472 g/mol. The number of carbonyl (C=O) groups is 2. The molecule has 0 saturated carbocycles. The van der Waals surface area contributed by atoms with Crippen molar-refractivity contribution in [2.45, 2.75) is 59.7 Å². The van der Waals surface area contributed by atoms with E-state index in [9.17, 15) is 9.59 Å². The molecule has 1 atom stereocenters. The predicted octanol–water partition coefficient (Wildman–Crippen LogP) is 5.16. The number of nitrogens with one attached hydrogen (secondary N) is 1. The third-order valence-corrected chi connectivity index (χ3v) is 5.69. The Kier molecular flexibility index (Phi) is 9.07. The van der Waals surface area contributed by atoms with Crippen molar-refractivity contribution >= 4 is 11.8 Å². The van der Waals surface area contributed by atoms with Crippen molar-refractivity contribution in [1.82, 2.24) is 10.2 Å². The summed E-state index contributed by atoms with van der Waals surface area (Å²) >= 11 is 0. The maximum absolute atomic E-state index is 13.6. The van der Waals surface area contributed by atoms with Crippen LogP contribution < -0.4 is 10.1 Å². The zero-order chi connectivity index (χ0) is 25.4. The van der Waals surface area contributed by atoms with Crippen LogP contribution in [0, 0.1) is 20.8 Å². The Hall–Kier alpha value is -3.60. The molecule has 2 amide bonds. The van der Waals surface area contributed by atoms with Crippen LogP contribution in [0.1, 0.15) is 41.7 Å². The van der Waals surface area contributed by atoms with E-state index in [4.69, 9.17) is 4.74 Å². The molecule has 0 aliphatic heterocycles. The first kappa shape index (κ1) is 26.0. The molecule has 0 spiro atoms. The SMILES string of the molecule is Cc1cccc(CN(C(=O)COc2cc(C)cc(C)c2)C(Cc2ccccc2)C(=O)NC(C)C)c1. The van der Waals surface area contributed by atoms with Gasteiger partial charge in [-0.15, -0.1) is 0 Å². The molecule has 0 aromatic heterocycles. The molecule has 3 aromatic carbocycles. The van der Waals surface area contributed by atoms with Gasteiger partial charge in [0.25, 0.3) is 5.91 Å². The Morgan fingerprint density at radius 2 is 1.49 bits per heavy atom. The number of benzene rings is 3. The summed E-state index contributed by atoms with van der Waals surface area (Å²) in [5, 5.41) is 3.01. The van der Waals surface area contributed by atoms with Crippen LogP contribution in [0.3, 0.4) is 0 Å². The van der Waals surface area contributed by atoms with Crippen LogP contribution in [0.2, 0.25) is 0 Å². The highest BCUT2D eigenvalue weighted by atomic mass is 16.5. The quantitative estimate of drug-likeness (QED) is 0.444. The van der Waals surface area contributed by atoms with Gasteiger partial charge in [0, 0.05) is 19.0 Å². The van der Waals surface area contributed by atoms with Crippen LogP contribution >= 0.6 is 0 Å². The Morgan fingerprint density at radius 3 is 2.11 bits per heavy atom. The lowest BCUT2D eigenvalue weighted by atomic mass is 10.0. The van der Waals surface area contributed by atoms with Crippen LogP contribution in [-0.4, -0.2) is 35.4 Å². The molecule has 0 aliphatic carbocycles. The van der Waals surface area contributed by atoms with Crippen molar-refractivity contribution < 1.29 is 14.3 Å². The van der Waals surface area contributed by atoms with E-state index < -0.39 is 6.04 Å². The van der Waals surface area contributed by atoms with E-state index >= 15 is 0 Å². The zero-order valence-electron chi connectivity index (χ0n) is 21.4. The zero-order valence-corrected chi connectivity index (χ0v) is 21.4. The van der Waals surface area contributed by atoms with Gasteiger partial charge in [-0.3, -0.25) is 9.59 Å². The molecule has 0 fully saturated rings. The highest BCUT2D eigenvalue weighted by molar-refractivity contribution is 5.88. The van der Waals surface area contributed by atoms with Crippen molar-refractivity contribution in [3.63, 3.8) is 0 Å². The first-order valence-corrected chi connectivity index (χ1v) is 12.1. The van der Waals surface area contributed by atoms with Gasteiger partial charge in [-0.05, 0) is 69.0 Å². The van der Waals surface area contributed by atoms with E-state index in [1.807, 2.05) is 101 Å². The molecule has 5 nitrogen and oxygen atoms in total. The van der Waals surface area contributed by atoms with E-state index in [0.717, 1.165) is 27.8 Å². The summed E-state index contributed by atoms with van der Waals surface area (Å²) in [7, 11) is 0. The number of amides is 2. The van der Waals surface area contributed by atoms with Crippen molar-refractivity contribution in [2.75, 3.05) is 6.61 Å². The van der Waals surface area contributed by atoms with Crippen molar-refractivity contribution in [1.29, 1.82) is 0 Å². The number of nitrogens with zero attached hydrogens (tertiary/aromatic N) is 1. The van der Waals surface area contributed by atoms with Gasteiger partial charge < -0.3 is 15.0 Å². The summed E-state index contributed by atoms with van der Waals surface area (Å²) in [5.41, 5.74) is 5.21. The predicted molar refractivity (Wildman–Crippen MR) is 140 cm³/mol. The van der Waals surface area contributed by atoms with Crippen LogP contribution in [0.4, 0.5) is 0 Å². The molecule has 3 rings (SSSR count). The highest BCUT2D eigenvalue weighted by Crippen LogP contribution is 2.19. The molecular weight excluding hydrogens is 436 g/mol. The maximum Gasteiger partial charge on any atom is 0.261 e. The second-order valence-corrected chi connectivity index (χ2v) is 9.49. The van der Waals surface area contributed by atoms with Gasteiger partial charge in [0.15, 0.2) is 6.61 Å². The lowest BCUT2D eigenvalue weighted by molar-refractivity contribution is -0.143. The number of carbonyl (C=O) groups excluding carboxylic acids is 2. The highest BCUT2D eigenvalue weighted by Gasteiger charge is 2.31. The summed E-state index contributed by atoms with van der Waals surface area (Å²) in [6.07, 6.45) is 0.417. The van der Waals surface area contributed by atoms with Gasteiger partial charge in [-0.2, -0.15) is 0 Å². The summed E-state index contributed by atoms with van der Waals surface area (Å²) in [5.74, 6) is 0.249. The van der Waals surface area contributed by atoms with Gasteiger partial charge in [0.2, 0.25) is 5.91 Å². The number of aryl methyl sites for hydroxylation is 3. The molecule has 0 bridgehead atoms. The number of rotatable bonds is 10. The first-order chi connectivity index (χ1) is 16.7. The lowest BCUT2D eigenvalue weighted by Crippen LogP contribution is -2.52. The van der Waals surface area contributed by atoms with Crippen molar-refractivity contribution in [3.05, 3.63) is 101 Å². The van der Waals surface area contributed by atoms with Crippen LogP contribution in [0.25, 0.3) is 0 Å². The molecule has 1 unspecified atom stereocenters. The van der Waals surface area contributed by atoms with Gasteiger partial charge in [-0.1, -0.05) is 66.2 Å². The second kappa shape index (κ2) is 12.2. The molecule has 35 heavy (non-hydrogen) atoms. The summed E-state index contributed by atoms with van der Waals surface area (Å²) in [4.78, 5) is 28.7. The third-order valence-electron chi connectivity index (χ3n) is 5.69. The fourth-order valence-corrected chi connectivity index (χ4v) is 4.19. The second-order valence-electron chi connectivity index (χ2n) is 9.49. The smallest absolute Gasteiger partial charge is 0.261 e. The van der Waals surface area contributed by atoms with Crippen LogP contribution in [0.5, 0.6) is 5.75 Å². The van der Waals surface area contributed by atoms with Crippen LogP contribution in [0.15, 0.2) is 72.8 Å². The normalized spacial score (nSPS) is 11.7. The van der Waals surface area contributed by atoms with Crippen molar-refractivity contribution in [2.24, 2.45) is 0 Å². The Bertz CT molecular complexity index is 1120. The van der Waals surface area contributed by atoms with E-state index in [1.165, 1.54) is 0 Å². The molecule has 3 aromatic rings. The molecular formula is C30H36N2O3. The van der Waals surface area contributed by atoms with Gasteiger partial charge in [-0.25, -0.2) is 0 Å². The Balaban J connectivity index is 1.92. The maximum atomic E-state index is 13.6. The van der Waals surface area contributed by atoms with Crippen molar-refractivity contribution in [3.8, 4) is 5.75 Å². The number of hydrogen-bond donors (Lipinski definition) is 1. The molecule has 0 aliphatic rings. The standard InChI is InChI=1S/C30H36N2O3/c1-21(2)31-30(34)28(18-25-11-7-6-8-12-25)32(19-26-13-9-10-22(3)15-26)29(33)20-35-27-16-23(4)14-24(5)17-27/h6-17,21,28H,18-20H2,1-5H3,(H,31,34). The largest absolute Gasteiger partial charge is 0.484 e. The molecule has 5 heteroatoms. The Labute approximate surface area is 209 Å². The number of hydrogen-bond acceptors (Lipinski definition) is 3. The molecule has 0 heterocycles. The van der Waals surface area contributed by atoms with Gasteiger partial charge >= 0.3 is 0 Å². The lowest BCUT2D eigenvalue weighted by Gasteiger charge is -2.32. The third kappa shape index (κ3) is 7.99. The van der Waals surface area contributed by atoms with E-state index in [2.05, 4.69) is 11.4 Å². The van der Waals surface area contributed by atoms with E-state index in [-0.39, 0.29) is 24.5 Å². The Morgan fingerprint density at radius 1 is 0.829 bits per heavy atom. The summed E-state index contributed by atoms with van der Waals surface area (Å²) < 4.78 is 5.91. The minimum atomic E-state index is -0.671. The average Bonchev–Trinajstić information content (AvgIpc) is 2.79. The summed E-state index contributed by atoms with van der Waals surface area (Å²) in [6.45, 7) is 10.0. The molecule has 1 N–H and O–H groups in total. The average molecular weight is 473 g/mol. The first-order valence-electron chi connectivity index (χ1n) is 12.1. The molecule has 184 valence electrons. The van der Waals surface area contributed by atoms with Gasteiger partial charge in [0.05, 0.1) is 0 Å². The minimum Gasteiger partial charge on any atom is -0.484 e. The summed E-state index contributed by atoms with van der Waals surface area (Å²) in [6, 6.07) is 23.0. The molecule has 0 radical (unpaired) electrons. The molecule has 0 saturated heterocycles.